The van der Waals surface area contributed by atoms with Gasteiger partial charge in [0.05, 0.1) is 23.4 Å². The quantitative estimate of drug-likeness (QED) is 0.791. The van der Waals surface area contributed by atoms with Crippen molar-refractivity contribution in [3.05, 3.63) is 42.2 Å². The van der Waals surface area contributed by atoms with E-state index < -0.39 is 0 Å². The molecule has 3 heterocycles. The fraction of sp³-hybridized carbons (Fsp3) is 0.421. The molecule has 2 saturated carbocycles. The van der Waals surface area contributed by atoms with Crippen LogP contribution in [0.25, 0.3) is 22.2 Å². The van der Waals surface area contributed by atoms with Gasteiger partial charge in [0, 0.05) is 35.9 Å². The van der Waals surface area contributed by atoms with Crippen LogP contribution in [0.2, 0.25) is 0 Å². The molecule has 0 bridgehead atoms. The van der Waals surface area contributed by atoms with Crippen molar-refractivity contribution >= 4 is 10.9 Å². The highest BCUT2D eigenvalue weighted by Gasteiger charge is 2.35. The molecule has 2 aliphatic rings. The number of hydrogen-bond acceptors (Lipinski definition) is 4. The third kappa shape index (κ3) is 2.43. The second kappa shape index (κ2) is 5.59. The van der Waals surface area contributed by atoms with Crippen molar-refractivity contribution in [3.63, 3.8) is 0 Å². The molecule has 0 unspecified atom stereocenters. The summed E-state index contributed by atoms with van der Waals surface area (Å²) in [5.41, 5.74) is 3.33. The minimum Gasteiger partial charge on any atom is -0.396 e. The molecule has 1 N–H and O–H groups in total. The van der Waals surface area contributed by atoms with Gasteiger partial charge in [-0.2, -0.15) is 5.10 Å². The van der Waals surface area contributed by atoms with Gasteiger partial charge in [0.15, 0.2) is 5.82 Å². The van der Waals surface area contributed by atoms with Gasteiger partial charge < -0.3 is 5.11 Å². The second-order valence-electron chi connectivity index (χ2n) is 7.21. The van der Waals surface area contributed by atoms with Crippen molar-refractivity contribution in [2.45, 2.75) is 37.6 Å². The molecule has 25 heavy (non-hydrogen) atoms. The van der Waals surface area contributed by atoms with Crippen LogP contribution in [0.5, 0.6) is 0 Å². The monoisotopic (exact) mass is 338 g/mol. The molecule has 2 aliphatic carbocycles. The molecule has 0 spiro atoms. The number of nitrogens with zero attached hydrogens (tertiary/aromatic N) is 4. The van der Waals surface area contributed by atoms with Crippen molar-refractivity contribution in [2.24, 2.45) is 5.92 Å². The van der Waals surface area contributed by atoms with Crippen molar-refractivity contribution in [1.29, 1.82) is 0 Å². The molecule has 0 amide bonds. The van der Waals surface area contributed by atoms with E-state index >= 15 is 0 Å². The van der Waals surface area contributed by atoms with E-state index in [1.165, 1.54) is 6.20 Å². The van der Waals surface area contributed by atoms with Crippen LogP contribution in [0.3, 0.4) is 0 Å². The highest BCUT2D eigenvalue weighted by atomic mass is 19.1. The van der Waals surface area contributed by atoms with Gasteiger partial charge in [0.1, 0.15) is 5.69 Å². The van der Waals surface area contributed by atoms with Crippen molar-refractivity contribution in [1.82, 2.24) is 19.7 Å². The van der Waals surface area contributed by atoms with Gasteiger partial charge in [0.25, 0.3) is 0 Å². The molecule has 5 nitrogen and oxygen atoms in total. The molecular weight excluding hydrogens is 319 g/mol. The van der Waals surface area contributed by atoms with E-state index in [9.17, 15) is 9.50 Å². The SMILES string of the molecule is OCC1CC(n2cc(-c3ncc(F)c4cccnc34)c(C3CC3)n2)C1. The summed E-state index contributed by atoms with van der Waals surface area (Å²) in [4.78, 5) is 8.74. The number of aromatic nitrogens is 4. The fourth-order valence-corrected chi connectivity index (χ4v) is 3.73. The maximum atomic E-state index is 14.1. The van der Waals surface area contributed by atoms with E-state index in [1.54, 1.807) is 18.3 Å². The fourth-order valence-electron chi connectivity index (χ4n) is 3.73. The van der Waals surface area contributed by atoms with E-state index in [0.29, 0.717) is 34.5 Å². The normalized spacial score (nSPS) is 23.0. The Hall–Kier alpha value is -2.34. The summed E-state index contributed by atoms with van der Waals surface area (Å²) in [6.07, 6.45) is 9.18. The zero-order valence-electron chi connectivity index (χ0n) is 13.8. The number of aliphatic hydroxyl groups excluding tert-OH is 1. The molecule has 0 aromatic carbocycles. The maximum Gasteiger partial charge on any atom is 0.150 e. The third-order valence-corrected chi connectivity index (χ3v) is 5.42. The summed E-state index contributed by atoms with van der Waals surface area (Å²) >= 11 is 0. The number of aliphatic hydroxyl groups is 1. The lowest BCUT2D eigenvalue weighted by Gasteiger charge is -2.34. The van der Waals surface area contributed by atoms with Crippen molar-refractivity contribution < 1.29 is 9.50 Å². The second-order valence-corrected chi connectivity index (χ2v) is 7.21. The molecule has 3 aromatic heterocycles. The average molecular weight is 338 g/mol. The molecule has 6 heteroatoms. The Kier molecular flexibility index (Phi) is 3.35. The van der Waals surface area contributed by atoms with Gasteiger partial charge in [-0.3, -0.25) is 14.6 Å². The van der Waals surface area contributed by atoms with Gasteiger partial charge in [-0.25, -0.2) is 4.39 Å². The smallest absolute Gasteiger partial charge is 0.150 e. The Bertz CT molecular complexity index is 944. The molecule has 2 fully saturated rings. The molecule has 0 atom stereocenters. The first kappa shape index (κ1) is 15.0. The molecule has 5 rings (SSSR count). The number of hydrogen-bond donors (Lipinski definition) is 1. The van der Waals surface area contributed by atoms with Crippen LogP contribution < -0.4 is 0 Å². The highest BCUT2D eigenvalue weighted by Crippen LogP contribution is 2.46. The van der Waals surface area contributed by atoms with Gasteiger partial charge in [-0.15, -0.1) is 0 Å². The summed E-state index contributed by atoms with van der Waals surface area (Å²) in [6.45, 7) is 0.244. The predicted molar refractivity (Wildman–Crippen MR) is 91.5 cm³/mol. The van der Waals surface area contributed by atoms with Crippen LogP contribution in [-0.2, 0) is 0 Å². The first-order valence-corrected chi connectivity index (χ1v) is 8.84. The number of rotatable bonds is 4. The van der Waals surface area contributed by atoms with Gasteiger partial charge in [0.2, 0.25) is 0 Å². The number of halogens is 1. The molecule has 0 saturated heterocycles. The Morgan fingerprint density at radius 2 is 2.08 bits per heavy atom. The summed E-state index contributed by atoms with van der Waals surface area (Å²) < 4.78 is 16.1. The Balaban J connectivity index is 1.62. The zero-order chi connectivity index (χ0) is 17.0. The summed E-state index contributed by atoms with van der Waals surface area (Å²) in [6, 6.07) is 3.81. The summed E-state index contributed by atoms with van der Waals surface area (Å²) in [5.74, 6) is 0.501. The minimum absolute atomic E-state index is 0.244. The number of pyridine rings is 2. The van der Waals surface area contributed by atoms with Crippen molar-refractivity contribution in [3.8, 4) is 11.3 Å². The highest BCUT2D eigenvalue weighted by molar-refractivity contribution is 5.92. The zero-order valence-corrected chi connectivity index (χ0v) is 13.8. The molecule has 0 aliphatic heterocycles. The van der Waals surface area contributed by atoms with Crippen LogP contribution in [0, 0.1) is 11.7 Å². The molecule has 3 aromatic rings. The van der Waals surface area contributed by atoms with Crippen LogP contribution in [0.4, 0.5) is 4.39 Å². The van der Waals surface area contributed by atoms with E-state index in [1.807, 2.05) is 10.9 Å². The van der Waals surface area contributed by atoms with E-state index in [-0.39, 0.29) is 12.4 Å². The Morgan fingerprint density at radius 3 is 2.84 bits per heavy atom. The standard InChI is InChI=1S/C19H19FN4O/c20-16-8-22-19(18-14(16)2-1-5-21-18)15-9-24(13-6-11(7-13)10-25)23-17(15)12-3-4-12/h1-2,5,8-9,11-13,25H,3-4,6-7,10H2. The van der Waals surface area contributed by atoms with E-state index in [4.69, 9.17) is 5.10 Å². The van der Waals surface area contributed by atoms with Gasteiger partial charge >= 0.3 is 0 Å². The average Bonchev–Trinajstić information content (AvgIpc) is 3.35. The molecule has 128 valence electrons. The van der Waals surface area contributed by atoms with Crippen LogP contribution in [-0.4, -0.2) is 31.5 Å². The number of fused-ring (bicyclic) bond motifs is 1. The van der Waals surface area contributed by atoms with Gasteiger partial charge in [-0.1, -0.05) is 0 Å². The minimum atomic E-state index is -0.350. The van der Waals surface area contributed by atoms with E-state index in [2.05, 4.69) is 9.97 Å². The first-order valence-electron chi connectivity index (χ1n) is 8.84. The van der Waals surface area contributed by atoms with E-state index in [0.717, 1.165) is 36.9 Å². The lowest BCUT2D eigenvalue weighted by Crippen LogP contribution is -2.29. The predicted octanol–water partition coefficient (Wildman–Crippen LogP) is 3.45. The lowest BCUT2D eigenvalue weighted by atomic mass is 9.81. The van der Waals surface area contributed by atoms with Crippen LogP contribution in [0.15, 0.2) is 30.7 Å². The Labute approximate surface area is 144 Å². The summed E-state index contributed by atoms with van der Waals surface area (Å²) in [7, 11) is 0. The first-order chi connectivity index (χ1) is 12.2. The van der Waals surface area contributed by atoms with Crippen LogP contribution >= 0.6 is 0 Å². The third-order valence-electron chi connectivity index (χ3n) is 5.42. The largest absolute Gasteiger partial charge is 0.396 e. The topological polar surface area (TPSA) is 63.8 Å². The van der Waals surface area contributed by atoms with Gasteiger partial charge in [-0.05, 0) is 43.7 Å². The molecule has 0 radical (unpaired) electrons. The summed E-state index contributed by atoms with van der Waals surface area (Å²) in [5, 5.41) is 14.6. The van der Waals surface area contributed by atoms with Crippen molar-refractivity contribution in [2.75, 3.05) is 6.61 Å². The maximum absolute atomic E-state index is 14.1. The lowest BCUT2D eigenvalue weighted by molar-refractivity contribution is 0.105. The Morgan fingerprint density at radius 1 is 1.24 bits per heavy atom. The molecular formula is C19H19FN4O. The van der Waals surface area contributed by atoms with Crippen LogP contribution in [0.1, 0.15) is 43.3 Å².